The molecule has 11 heavy (non-hydrogen) atoms. The molecule has 2 heteroatoms. The lowest BCUT2D eigenvalue weighted by atomic mass is 9.97. The fourth-order valence-electron chi connectivity index (χ4n) is 0.733. The summed E-state index contributed by atoms with van der Waals surface area (Å²) < 4.78 is 5.34. The van der Waals surface area contributed by atoms with E-state index in [-0.39, 0.29) is 9.76 Å². The number of hydrogen-bond acceptors (Lipinski definition) is 1. The zero-order chi connectivity index (χ0) is 8.74. The van der Waals surface area contributed by atoms with E-state index in [1.54, 1.807) is 0 Å². The molecule has 1 nitrogen and oxygen atoms in total. The first-order chi connectivity index (χ1) is 5.06. The van der Waals surface area contributed by atoms with Gasteiger partial charge in [0.05, 0.1) is 0 Å². The van der Waals surface area contributed by atoms with Gasteiger partial charge in [0, 0.05) is 6.61 Å². The Morgan fingerprint density at radius 3 is 2.45 bits per heavy atom. The van der Waals surface area contributed by atoms with Crippen molar-refractivity contribution in [1.29, 1.82) is 0 Å². The molecule has 0 radical (unpaired) electrons. The highest BCUT2D eigenvalue weighted by molar-refractivity contribution is 6.27. The van der Waals surface area contributed by atoms with Crippen LogP contribution in [0.5, 0.6) is 0 Å². The van der Waals surface area contributed by atoms with Crippen LogP contribution in [0.1, 0.15) is 27.7 Å². The van der Waals surface area contributed by atoms with Crippen molar-refractivity contribution in [3.8, 4) is 0 Å². The van der Waals surface area contributed by atoms with Crippen molar-refractivity contribution in [3.05, 3.63) is 12.2 Å². The molecular weight excluding hydrogens is 152 g/mol. The molecule has 0 N–H and O–H groups in total. The normalized spacial score (nSPS) is 13.8. The second-order valence-electron chi connectivity index (χ2n) is 3.75. The molecule has 0 saturated carbocycles. The van der Waals surface area contributed by atoms with Gasteiger partial charge in [0.25, 0.3) is 0 Å². The van der Waals surface area contributed by atoms with Crippen LogP contribution < -0.4 is 0 Å². The van der Waals surface area contributed by atoms with Crippen LogP contribution in [0.15, 0.2) is 12.2 Å². The van der Waals surface area contributed by atoms with Crippen LogP contribution in [-0.4, -0.2) is 16.4 Å². The first kappa shape index (κ1) is 10.9. The summed E-state index contributed by atoms with van der Waals surface area (Å²) in [6.45, 7) is 9.58. The van der Waals surface area contributed by atoms with Crippen molar-refractivity contribution >= 4 is 9.76 Å². The molecule has 66 valence electrons. The number of rotatable bonds is 4. The van der Waals surface area contributed by atoms with Crippen LogP contribution >= 0.6 is 0 Å². The second-order valence-corrected chi connectivity index (χ2v) is 5.15. The Balaban J connectivity index is 3.30. The molecule has 0 aliphatic rings. The van der Waals surface area contributed by atoms with Gasteiger partial charge in [-0.15, -0.1) is 0 Å². The zero-order valence-corrected chi connectivity index (χ0v) is 9.60. The lowest BCUT2D eigenvalue weighted by Crippen LogP contribution is -2.00. The Kier molecular flexibility index (Phi) is 5.51. The van der Waals surface area contributed by atoms with E-state index in [2.05, 4.69) is 39.8 Å². The van der Waals surface area contributed by atoms with Crippen LogP contribution in [0.2, 0.25) is 6.04 Å². The van der Waals surface area contributed by atoms with E-state index >= 15 is 0 Å². The number of hydrogen-bond donors (Lipinski definition) is 0. The molecule has 0 fully saturated rings. The van der Waals surface area contributed by atoms with Gasteiger partial charge in [0.1, 0.15) is 0 Å². The lowest BCUT2D eigenvalue weighted by Gasteiger charge is -2.10. The van der Waals surface area contributed by atoms with Crippen LogP contribution in [0, 0.1) is 5.41 Å². The van der Waals surface area contributed by atoms with Crippen molar-refractivity contribution in [2.24, 2.45) is 5.41 Å². The summed E-state index contributed by atoms with van der Waals surface area (Å²) in [5, 5.41) is 0. The van der Waals surface area contributed by atoms with E-state index in [1.165, 1.54) is 6.04 Å². The average Bonchev–Trinajstić information content (AvgIpc) is 1.85. The molecule has 0 aliphatic carbocycles. The molecule has 0 saturated heterocycles. The van der Waals surface area contributed by atoms with Crippen molar-refractivity contribution in [2.75, 3.05) is 6.61 Å². The largest absolute Gasteiger partial charge is 0.424 e. The minimum Gasteiger partial charge on any atom is -0.424 e. The third kappa shape index (κ3) is 9.92. The van der Waals surface area contributed by atoms with E-state index in [9.17, 15) is 0 Å². The molecular formula is C9H20OSi. The fraction of sp³-hybridized carbons (Fsp3) is 0.778. The van der Waals surface area contributed by atoms with Crippen molar-refractivity contribution < 1.29 is 4.43 Å². The molecule has 0 heterocycles. The van der Waals surface area contributed by atoms with Crippen LogP contribution in [0.4, 0.5) is 0 Å². The highest BCUT2D eigenvalue weighted by atomic mass is 28.2. The number of allylic oxidation sites excluding steroid dienone is 2. The maximum Gasteiger partial charge on any atom is 0.165 e. The molecule has 0 aromatic rings. The summed E-state index contributed by atoms with van der Waals surface area (Å²) in [6.07, 6.45) is 4.51. The van der Waals surface area contributed by atoms with Gasteiger partial charge in [-0.3, -0.25) is 0 Å². The van der Waals surface area contributed by atoms with Crippen molar-refractivity contribution in [2.45, 2.75) is 33.7 Å². The molecule has 0 rings (SSSR count). The third-order valence-electron chi connectivity index (χ3n) is 1.25. The van der Waals surface area contributed by atoms with E-state index in [0.717, 1.165) is 6.61 Å². The van der Waals surface area contributed by atoms with Crippen molar-refractivity contribution in [3.63, 3.8) is 0 Å². The van der Waals surface area contributed by atoms with Gasteiger partial charge in [-0.2, -0.15) is 0 Å². The second kappa shape index (κ2) is 5.55. The molecule has 0 aromatic heterocycles. The monoisotopic (exact) mass is 172 g/mol. The summed E-state index contributed by atoms with van der Waals surface area (Å²) in [5.74, 6) is 0. The molecule has 0 spiro atoms. The van der Waals surface area contributed by atoms with Crippen LogP contribution in [0.25, 0.3) is 0 Å². The topological polar surface area (TPSA) is 9.23 Å². The average molecular weight is 172 g/mol. The van der Waals surface area contributed by atoms with Crippen LogP contribution in [-0.2, 0) is 4.43 Å². The summed E-state index contributed by atoms with van der Waals surface area (Å²) in [5.41, 5.74) is 0.334. The quantitative estimate of drug-likeness (QED) is 0.358. The van der Waals surface area contributed by atoms with Gasteiger partial charge in [-0.05, 0) is 18.4 Å². The molecule has 0 aliphatic heterocycles. The lowest BCUT2D eigenvalue weighted by molar-refractivity contribution is 0.362. The molecule has 0 atom stereocenters. The Hall–Kier alpha value is -0.0831. The maximum absolute atomic E-state index is 5.34. The smallest absolute Gasteiger partial charge is 0.165 e. The van der Waals surface area contributed by atoms with Gasteiger partial charge in [0.15, 0.2) is 9.76 Å². The molecule has 0 amide bonds. The van der Waals surface area contributed by atoms with E-state index in [4.69, 9.17) is 4.43 Å². The predicted molar refractivity (Wildman–Crippen MR) is 53.6 cm³/mol. The Labute approximate surface area is 72.8 Å². The van der Waals surface area contributed by atoms with E-state index in [0.29, 0.717) is 5.41 Å². The summed E-state index contributed by atoms with van der Waals surface area (Å²) in [6, 6.07) is 1.17. The van der Waals surface area contributed by atoms with Crippen molar-refractivity contribution in [1.82, 2.24) is 0 Å². The minimum absolute atomic E-state index is 0.244. The molecule has 0 bridgehead atoms. The van der Waals surface area contributed by atoms with E-state index < -0.39 is 0 Å². The van der Waals surface area contributed by atoms with Gasteiger partial charge >= 0.3 is 0 Å². The maximum atomic E-state index is 5.34. The first-order valence-electron chi connectivity index (χ1n) is 4.31. The first-order valence-corrected chi connectivity index (χ1v) is 5.89. The van der Waals surface area contributed by atoms with E-state index in [1.807, 2.05) is 0 Å². The van der Waals surface area contributed by atoms with Crippen LogP contribution in [0.3, 0.4) is 0 Å². The predicted octanol–water partition coefficient (Wildman–Crippen LogP) is 2.13. The summed E-state index contributed by atoms with van der Waals surface area (Å²) >= 11 is 0. The van der Waals surface area contributed by atoms with Gasteiger partial charge in [-0.25, -0.2) is 0 Å². The summed E-state index contributed by atoms with van der Waals surface area (Å²) in [4.78, 5) is 0. The molecule has 0 aromatic carbocycles. The third-order valence-corrected chi connectivity index (χ3v) is 2.52. The van der Waals surface area contributed by atoms with Gasteiger partial charge in [0.2, 0.25) is 0 Å². The standard InChI is InChI=1S/C9H20OSi/c1-5-10-11-8-6-7-9(2,3)4/h6-7H,5,8,11H2,1-4H3. The SMILES string of the molecule is CCO[SiH2]CC=CC(C)(C)C. The minimum atomic E-state index is -0.244. The van der Waals surface area contributed by atoms with Gasteiger partial charge < -0.3 is 4.43 Å². The fourth-order valence-corrected chi connectivity index (χ4v) is 1.49. The Bertz CT molecular complexity index is 113. The van der Waals surface area contributed by atoms with Gasteiger partial charge in [-0.1, -0.05) is 32.9 Å². The highest BCUT2D eigenvalue weighted by Gasteiger charge is 2.02. The zero-order valence-electron chi connectivity index (χ0n) is 8.18. The summed E-state index contributed by atoms with van der Waals surface area (Å²) in [7, 11) is -0.244. The Morgan fingerprint density at radius 2 is 2.00 bits per heavy atom. The highest BCUT2D eigenvalue weighted by Crippen LogP contribution is 2.14. The molecule has 0 unspecified atom stereocenters. The Morgan fingerprint density at radius 1 is 1.36 bits per heavy atom.